The Labute approximate surface area is 132 Å². The van der Waals surface area contributed by atoms with Crippen molar-refractivity contribution in [2.75, 3.05) is 5.32 Å². The average molecular weight is 325 g/mol. The maximum Gasteiger partial charge on any atom is 0.260 e. The van der Waals surface area contributed by atoms with Gasteiger partial charge in [-0.05, 0) is 13.3 Å². The van der Waals surface area contributed by atoms with Crippen molar-refractivity contribution < 1.29 is 4.79 Å². The Morgan fingerprint density at radius 2 is 2.24 bits per heavy atom. The summed E-state index contributed by atoms with van der Waals surface area (Å²) in [7, 11) is 0. The third kappa shape index (κ3) is 4.04. The van der Waals surface area contributed by atoms with Crippen LogP contribution in [0, 0.1) is 6.92 Å². The van der Waals surface area contributed by atoms with Crippen LogP contribution in [0.15, 0.2) is 10.5 Å². The van der Waals surface area contributed by atoms with Crippen LogP contribution in [-0.2, 0) is 6.54 Å². The minimum absolute atomic E-state index is 0.188. The second-order valence-electron chi connectivity index (χ2n) is 4.86. The van der Waals surface area contributed by atoms with E-state index in [1.54, 1.807) is 18.0 Å². The first-order chi connectivity index (χ1) is 10.0. The lowest BCUT2D eigenvalue weighted by atomic mass is 10.2. The minimum atomic E-state index is -0.188. The third-order valence-electron chi connectivity index (χ3n) is 2.75. The molecular formula is C13H19N5OS2. The number of thioether (sulfide) groups is 1. The predicted octanol–water partition coefficient (Wildman–Crippen LogP) is 3.21. The van der Waals surface area contributed by atoms with Crippen LogP contribution in [0.4, 0.5) is 5.13 Å². The zero-order chi connectivity index (χ0) is 15.4. The van der Waals surface area contributed by atoms with Gasteiger partial charge in [0.15, 0.2) is 4.34 Å². The molecule has 114 valence electrons. The van der Waals surface area contributed by atoms with Crippen molar-refractivity contribution in [1.82, 2.24) is 20.0 Å². The molecule has 0 saturated carbocycles. The van der Waals surface area contributed by atoms with Crippen LogP contribution < -0.4 is 5.32 Å². The number of carbonyl (C=O) groups excluding carboxylic acids is 1. The van der Waals surface area contributed by atoms with E-state index >= 15 is 0 Å². The summed E-state index contributed by atoms with van der Waals surface area (Å²) in [4.78, 5) is 12.3. The number of carbonyl (C=O) groups is 1. The number of aryl methyl sites for hydroxylation is 1. The van der Waals surface area contributed by atoms with Crippen molar-refractivity contribution in [1.29, 1.82) is 0 Å². The normalized spacial score (nSPS) is 11.1. The van der Waals surface area contributed by atoms with Gasteiger partial charge in [0.25, 0.3) is 5.91 Å². The number of nitrogens with one attached hydrogen (secondary N) is 1. The van der Waals surface area contributed by atoms with Crippen molar-refractivity contribution >= 4 is 34.1 Å². The number of hydrogen-bond acceptors (Lipinski definition) is 6. The highest BCUT2D eigenvalue weighted by atomic mass is 32.2. The van der Waals surface area contributed by atoms with Crippen LogP contribution in [0.1, 0.15) is 43.2 Å². The van der Waals surface area contributed by atoms with Gasteiger partial charge in [0.2, 0.25) is 5.13 Å². The van der Waals surface area contributed by atoms with E-state index in [4.69, 9.17) is 0 Å². The molecule has 2 heterocycles. The van der Waals surface area contributed by atoms with E-state index in [1.807, 2.05) is 11.6 Å². The molecule has 2 aromatic heterocycles. The highest BCUT2D eigenvalue weighted by Crippen LogP contribution is 2.28. The van der Waals surface area contributed by atoms with Gasteiger partial charge in [0.1, 0.15) is 0 Å². The molecule has 0 saturated heterocycles. The van der Waals surface area contributed by atoms with Crippen LogP contribution in [0.25, 0.3) is 0 Å². The summed E-state index contributed by atoms with van der Waals surface area (Å²) in [5.41, 5.74) is 1.45. The van der Waals surface area contributed by atoms with Gasteiger partial charge in [0, 0.05) is 17.5 Å². The molecule has 8 heteroatoms. The lowest BCUT2D eigenvalue weighted by Crippen LogP contribution is -2.13. The maximum absolute atomic E-state index is 12.3. The molecule has 0 aromatic carbocycles. The molecule has 0 fully saturated rings. The molecule has 2 aromatic rings. The summed E-state index contributed by atoms with van der Waals surface area (Å²) < 4.78 is 2.70. The molecule has 0 aliphatic heterocycles. The Kier molecular flexibility index (Phi) is 5.35. The summed E-state index contributed by atoms with van der Waals surface area (Å²) in [5.74, 6) is -0.188. The zero-order valence-corrected chi connectivity index (χ0v) is 14.2. The van der Waals surface area contributed by atoms with Crippen LogP contribution in [0.5, 0.6) is 0 Å². The average Bonchev–Trinajstić information content (AvgIpc) is 2.97. The molecule has 1 N–H and O–H groups in total. The fourth-order valence-corrected chi connectivity index (χ4v) is 3.75. The van der Waals surface area contributed by atoms with E-state index in [2.05, 4.69) is 41.4 Å². The Morgan fingerprint density at radius 3 is 2.90 bits per heavy atom. The van der Waals surface area contributed by atoms with E-state index in [9.17, 15) is 4.79 Å². The van der Waals surface area contributed by atoms with Gasteiger partial charge >= 0.3 is 0 Å². The van der Waals surface area contributed by atoms with Crippen molar-refractivity contribution in [2.24, 2.45) is 0 Å². The van der Waals surface area contributed by atoms with E-state index in [0.29, 0.717) is 15.9 Å². The van der Waals surface area contributed by atoms with Crippen molar-refractivity contribution in [3.05, 3.63) is 17.5 Å². The highest BCUT2D eigenvalue weighted by Gasteiger charge is 2.16. The summed E-state index contributed by atoms with van der Waals surface area (Å²) in [5, 5.41) is 16.0. The number of rotatable bonds is 6. The monoisotopic (exact) mass is 325 g/mol. The van der Waals surface area contributed by atoms with Crippen molar-refractivity contribution in [2.45, 2.75) is 50.3 Å². The lowest BCUT2D eigenvalue weighted by Gasteiger charge is -2.03. The second kappa shape index (κ2) is 7.04. The molecule has 2 rings (SSSR count). The molecule has 1 amide bonds. The molecule has 0 spiro atoms. The largest absolute Gasteiger partial charge is 0.296 e. The molecule has 6 nitrogen and oxygen atoms in total. The summed E-state index contributed by atoms with van der Waals surface area (Å²) >= 11 is 3.02. The Morgan fingerprint density at radius 1 is 1.48 bits per heavy atom. The number of amides is 1. The smallest absolute Gasteiger partial charge is 0.260 e. The van der Waals surface area contributed by atoms with Crippen LogP contribution >= 0.6 is 23.1 Å². The quantitative estimate of drug-likeness (QED) is 0.652. The van der Waals surface area contributed by atoms with Gasteiger partial charge in [-0.15, -0.1) is 10.2 Å². The standard InChI is InChI=1S/C13H19N5OS2/c1-5-6-18-9(4)10(7-14-18)11(19)15-12-16-17-13(21-12)20-8(2)3/h7-8H,5-6H2,1-4H3,(H,15,16,19). The van der Waals surface area contributed by atoms with E-state index < -0.39 is 0 Å². The van der Waals surface area contributed by atoms with Gasteiger partial charge in [-0.3, -0.25) is 14.8 Å². The van der Waals surface area contributed by atoms with E-state index in [1.165, 1.54) is 11.3 Å². The third-order valence-corrected chi connectivity index (χ3v) is 4.67. The van der Waals surface area contributed by atoms with Crippen LogP contribution in [-0.4, -0.2) is 31.1 Å². The minimum Gasteiger partial charge on any atom is -0.296 e. The molecule has 0 radical (unpaired) electrons. The number of aromatic nitrogens is 4. The Balaban J connectivity index is 2.06. The first-order valence-corrected chi connectivity index (χ1v) is 8.54. The van der Waals surface area contributed by atoms with Gasteiger partial charge in [-0.25, -0.2) is 0 Å². The summed E-state index contributed by atoms with van der Waals surface area (Å²) in [6.07, 6.45) is 2.58. The van der Waals surface area contributed by atoms with Gasteiger partial charge < -0.3 is 0 Å². The summed E-state index contributed by atoms with van der Waals surface area (Å²) in [6, 6.07) is 0. The fraction of sp³-hybridized carbons (Fsp3) is 0.538. The van der Waals surface area contributed by atoms with Crippen LogP contribution in [0.2, 0.25) is 0 Å². The van der Waals surface area contributed by atoms with Gasteiger partial charge in [-0.1, -0.05) is 43.9 Å². The topological polar surface area (TPSA) is 72.7 Å². The first kappa shape index (κ1) is 16.0. The predicted molar refractivity (Wildman–Crippen MR) is 86.1 cm³/mol. The number of hydrogen-bond donors (Lipinski definition) is 1. The van der Waals surface area contributed by atoms with Crippen molar-refractivity contribution in [3.8, 4) is 0 Å². The molecule has 0 atom stereocenters. The van der Waals surface area contributed by atoms with Gasteiger partial charge in [0.05, 0.1) is 11.8 Å². The first-order valence-electron chi connectivity index (χ1n) is 6.85. The maximum atomic E-state index is 12.3. The highest BCUT2D eigenvalue weighted by molar-refractivity contribution is 8.01. The van der Waals surface area contributed by atoms with Gasteiger partial charge in [-0.2, -0.15) is 5.10 Å². The molecule has 0 bridgehead atoms. The second-order valence-corrected chi connectivity index (χ2v) is 7.66. The molecule has 21 heavy (non-hydrogen) atoms. The molecule has 0 unspecified atom stereocenters. The molecule has 0 aliphatic carbocycles. The van der Waals surface area contributed by atoms with Crippen molar-refractivity contribution in [3.63, 3.8) is 0 Å². The lowest BCUT2D eigenvalue weighted by molar-refractivity contribution is 0.102. The van der Waals surface area contributed by atoms with E-state index in [0.717, 1.165) is 23.0 Å². The molecule has 0 aliphatic rings. The van der Waals surface area contributed by atoms with E-state index in [-0.39, 0.29) is 5.91 Å². The SMILES string of the molecule is CCCn1ncc(C(=O)Nc2nnc(SC(C)C)s2)c1C. The molecular weight excluding hydrogens is 306 g/mol. The van der Waals surface area contributed by atoms with Crippen LogP contribution in [0.3, 0.4) is 0 Å². The Bertz CT molecular complexity index is 620. The Hall–Kier alpha value is -1.41. The summed E-state index contributed by atoms with van der Waals surface area (Å²) in [6.45, 7) is 8.98. The number of anilines is 1. The number of nitrogens with zero attached hydrogens (tertiary/aromatic N) is 4. The zero-order valence-electron chi connectivity index (χ0n) is 12.6. The fourth-order valence-electron chi connectivity index (χ4n) is 1.78.